The second kappa shape index (κ2) is 6.51. The summed E-state index contributed by atoms with van der Waals surface area (Å²) < 4.78 is 5.95. The average molecular weight is 280 g/mol. The van der Waals surface area contributed by atoms with Gasteiger partial charge in [0.25, 0.3) is 0 Å². The molecule has 18 heavy (non-hydrogen) atoms. The molecule has 0 unspecified atom stereocenters. The fraction of sp³-hybridized carbons (Fsp3) is 0.250. The van der Waals surface area contributed by atoms with Gasteiger partial charge in [0.2, 0.25) is 0 Å². The van der Waals surface area contributed by atoms with Crippen molar-refractivity contribution in [2.24, 2.45) is 0 Å². The molecule has 0 aliphatic heterocycles. The second-order valence-corrected chi connectivity index (χ2v) is 5.93. The van der Waals surface area contributed by atoms with Gasteiger partial charge in [0.05, 0.1) is 5.75 Å². The Hall–Kier alpha value is -1.40. The average Bonchev–Trinajstić information content (AvgIpc) is 2.81. The van der Waals surface area contributed by atoms with E-state index in [9.17, 15) is 4.79 Å². The summed E-state index contributed by atoms with van der Waals surface area (Å²) in [5, 5.41) is 8.71. The zero-order chi connectivity index (χ0) is 12.8. The summed E-state index contributed by atoms with van der Waals surface area (Å²) in [5.41, 5.74) is 0.989. The molecule has 94 valence electrons. The van der Waals surface area contributed by atoms with Gasteiger partial charge in [0, 0.05) is 0 Å². The Balaban J connectivity index is 1.73. The van der Waals surface area contributed by atoms with Gasteiger partial charge in [0.15, 0.2) is 4.34 Å². The fourth-order valence-corrected chi connectivity index (χ4v) is 2.85. The number of thioether (sulfide) groups is 1. The molecule has 0 aliphatic rings. The van der Waals surface area contributed by atoms with Gasteiger partial charge in [-0.2, -0.15) is 0 Å². The zero-order valence-electron chi connectivity index (χ0n) is 9.83. The van der Waals surface area contributed by atoms with Crippen molar-refractivity contribution in [3.8, 4) is 0 Å². The highest BCUT2D eigenvalue weighted by molar-refractivity contribution is 8.01. The van der Waals surface area contributed by atoms with Crippen molar-refractivity contribution < 1.29 is 9.53 Å². The first kappa shape index (κ1) is 13.0. The molecule has 2 rings (SSSR count). The van der Waals surface area contributed by atoms with Gasteiger partial charge in [-0.3, -0.25) is 4.79 Å². The molecule has 0 amide bonds. The van der Waals surface area contributed by atoms with Crippen LogP contribution in [0.1, 0.15) is 10.6 Å². The van der Waals surface area contributed by atoms with Crippen molar-refractivity contribution in [3.63, 3.8) is 0 Å². The van der Waals surface area contributed by atoms with Crippen LogP contribution in [0.5, 0.6) is 0 Å². The molecule has 6 heteroatoms. The minimum Gasteiger partial charge on any atom is -0.460 e. The van der Waals surface area contributed by atoms with Crippen LogP contribution in [0.15, 0.2) is 34.7 Å². The number of rotatable bonds is 5. The maximum absolute atomic E-state index is 11.5. The molecule has 0 fully saturated rings. The standard InChI is InChI=1S/C12H12N2O2S2/c1-9-13-14-12(18-9)17-8-11(15)16-7-10-5-3-2-4-6-10/h2-6H,7-8H2,1H3. The largest absolute Gasteiger partial charge is 0.460 e. The van der Waals surface area contributed by atoms with E-state index in [-0.39, 0.29) is 11.7 Å². The van der Waals surface area contributed by atoms with E-state index in [1.165, 1.54) is 23.1 Å². The summed E-state index contributed by atoms with van der Waals surface area (Å²) in [6.45, 7) is 2.20. The van der Waals surface area contributed by atoms with Gasteiger partial charge in [0.1, 0.15) is 11.6 Å². The highest BCUT2D eigenvalue weighted by Gasteiger charge is 2.07. The molecule has 0 saturated carbocycles. The Morgan fingerprint density at radius 1 is 1.33 bits per heavy atom. The lowest BCUT2D eigenvalue weighted by Gasteiger charge is -2.03. The minimum atomic E-state index is -0.239. The molecule has 4 nitrogen and oxygen atoms in total. The van der Waals surface area contributed by atoms with Crippen molar-refractivity contribution in [1.82, 2.24) is 10.2 Å². The van der Waals surface area contributed by atoms with Crippen molar-refractivity contribution in [1.29, 1.82) is 0 Å². The van der Waals surface area contributed by atoms with E-state index in [4.69, 9.17) is 4.74 Å². The van der Waals surface area contributed by atoms with E-state index in [0.29, 0.717) is 6.61 Å². The van der Waals surface area contributed by atoms with Crippen LogP contribution in [0, 0.1) is 6.92 Å². The highest BCUT2D eigenvalue weighted by Crippen LogP contribution is 2.21. The molecule has 0 aliphatic carbocycles. The summed E-state index contributed by atoms with van der Waals surface area (Å²) in [7, 11) is 0. The van der Waals surface area contributed by atoms with E-state index < -0.39 is 0 Å². The monoisotopic (exact) mass is 280 g/mol. The number of carbonyl (C=O) groups is 1. The van der Waals surface area contributed by atoms with Crippen molar-refractivity contribution in [2.45, 2.75) is 17.9 Å². The number of hydrogen-bond acceptors (Lipinski definition) is 6. The van der Waals surface area contributed by atoms with Crippen molar-refractivity contribution in [2.75, 3.05) is 5.75 Å². The van der Waals surface area contributed by atoms with Crippen LogP contribution < -0.4 is 0 Å². The summed E-state index contributed by atoms with van der Waals surface area (Å²) in [4.78, 5) is 11.5. The Kier molecular flexibility index (Phi) is 4.72. The van der Waals surface area contributed by atoms with Crippen LogP contribution in [0.4, 0.5) is 0 Å². The summed E-state index contributed by atoms with van der Waals surface area (Å²) >= 11 is 2.83. The Morgan fingerprint density at radius 2 is 2.11 bits per heavy atom. The number of carbonyl (C=O) groups excluding carboxylic acids is 1. The van der Waals surface area contributed by atoms with Crippen LogP contribution in [0.2, 0.25) is 0 Å². The molecule has 0 spiro atoms. The van der Waals surface area contributed by atoms with Gasteiger partial charge < -0.3 is 4.74 Å². The normalized spacial score (nSPS) is 10.3. The summed E-state index contributed by atoms with van der Waals surface area (Å²) in [5.74, 6) is 0.0262. The first-order valence-corrected chi connectivity index (χ1v) is 7.17. The highest BCUT2D eigenvalue weighted by atomic mass is 32.2. The Morgan fingerprint density at radius 3 is 2.78 bits per heavy atom. The number of benzene rings is 1. The van der Waals surface area contributed by atoms with Crippen LogP contribution >= 0.6 is 23.1 Å². The smallest absolute Gasteiger partial charge is 0.316 e. The molecule has 0 N–H and O–H groups in total. The number of nitrogens with zero attached hydrogens (tertiary/aromatic N) is 2. The first-order valence-electron chi connectivity index (χ1n) is 5.36. The molecule has 1 heterocycles. The van der Waals surface area contributed by atoms with Gasteiger partial charge in [-0.15, -0.1) is 10.2 Å². The van der Waals surface area contributed by atoms with E-state index in [1.54, 1.807) is 0 Å². The van der Waals surface area contributed by atoms with Gasteiger partial charge >= 0.3 is 5.97 Å². The topological polar surface area (TPSA) is 52.1 Å². The molecule has 1 aromatic carbocycles. The lowest BCUT2D eigenvalue weighted by molar-refractivity contribution is -0.141. The van der Waals surface area contributed by atoms with E-state index in [0.717, 1.165) is 14.9 Å². The number of hydrogen-bond donors (Lipinski definition) is 0. The van der Waals surface area contributed by atoms with Crippen LogP contribution in [0.25, 0.3) is 0 Å². The van der Waals surface area contributed by atoms with Gasteiger partial charge in [-0.1, -0.05) is 53.4 Å². The maximum atomic E-state index is 11.5. The van der Waals surface area contributed by atoms with Crippen LogP contribution in [-0.2, 0) is 16.1 Å². The molecule has 0 bridgehead atoms. The predicted molar refractivity (Wildman–Crippen MR) is 71.6 cm³/mol. The Bertz CT molecular complexity index is 514. The third-order valence-electron chi connectivity index (χ3n) is 2.06. The van der Waals surface area contributed by atoms with E-state index >= 15 is 0 Å². The van der Waals surface area contributed by atoms with Crippen molar-refractivity contribution >= 4 is 29.1 Å². The number of esters is 1. The molecule has 2 aromatic rings. The third-order valence-corrected chi connectivity index (χ3v) is 4.01. The quantitative estimate of drug-likeness (QED) is 0.622. The number of aromatic nitrogens is 2. The fourth-order valence-electron chi connectivity index (χ4n) is 1.24. The van der Waals surface area contributed by atoms with Gasteiger partial charge in [-0.05, 0) is 12.5 Å². The van der Waals surface area contributed by atoms with Crippen molar-refractivity contribution in [3.05, 3.63) is 40.9 Å². The molecule has 0 radical (unpaired) electrons. The SMILES string of the molecule is Cc1nnc(SCC(=O)OCc2ccccc2)s1. The van der Waals surface area contributed by atoms with Crippen LogP contribution in [0.3, 0.4) is 0 Å². The Labute approximate surface area is 113 Å². The molecular formula is C12H12N2O2S2. The van der Waals surface area contributed by atoms with E-state index in [1.807, 2.05) is 37.3 Å². The number of ether oxygens (including phenoxy) is 1. The summed E-state index contributed by atoms with van der Waals surface area (Å²) in [6, 6.07) is 9.62. The lowest BCUT2D eigenvalue weighted by Crippen LogP contribution is -2.07. The third kappa shape index (κ3) is 4.12. The minimum absolute atomic E-state index is 0.239. The summed E-state index contributed by atoms with van der Waals surface area (Å²) in [6.07, 6.45) is 0. The first-order chi connectivity index (χ1) is 8.74. The lowest BCUT2D eigenvalue weighted by atomic mass is 10.2. The molecule has 0 atom stereocenters. The molecule has 0 saturated heterocycles. The van der Waals surface area contributed by atoms with Gasteiger partial charge in [-0.25, -0.2) is 0 Å². The van der Waals surface area contributed by atoms with E-state index in [2.05, 4.69) is 10.2 Å². The van der Waals surface area contributed by atoms with Crippen LogP contribution in [-0.4, -0.2) is 21.9 Å². The molecular weight excluding hydrogens is 268 g/mol. The zero-order valence-corrected chi connectivity index (χ0v) is 11.5. The molecule has 1 aromatic heterocycles. The number of aryl methyl sites for hydroxylation is 1. The maximum Gasteiger partial charge on any atom is 0.316 e. The second-order valence-electron chi connectivity index (χ2n) is 3.52. The predicted octanol–water partition coefficient (Wildman–Crippen LogP) is 2.68.